The van der Waals surface area contributed by atoms with Crippen molar-refractivity contribution in [2.24, 2.45) is 0 Å². The predicted octanol–water partition coefficient (Wildman–Crippen LogP) is 3.34. The number of nitrogens with zero attached hydrogens (tertiary/aromatic N) is 3. The number of H-pyrrole nitrogens is 1. The van der Waals surface area contributed by atoms with E-state index in [1.54, 1.807) is 6.20 Å². The number of pyridine rings is 1. The van der Waals surface area contributed by atoms with E-state index >= 15 is 0 Å². The highest BCUT2D eigenvalue weighted by atomic mass is 79.9. The Morgan fingerprint density at radius 3 is 2.95 bits per heavy atom. The molecule has 0 spiro atoms. The van der Waals surface area contributed by atoms with Gasteiger partial charge in [-0.3, -0.25) is 9.78 Å². The fourth-order valence-electron chi connectivity index (χ4n) is 2.17. The molecule has 2 heterocycles. The first-order valence-corrected chi connectivity index (χ1v) is 8.29. The molecule has 7 heteroatoms. The van der Waals surface area contributed by atoms with Crippen molar-refractivity contribution >= 4 is 38.6 Å². The Balaban J connectivity index is 2.39. The molecule has 0 aliphatic rings. The average Bonchev–Trinajstić information content (AvgIpc) is 2.53. The van der Waals surface area contributed by atoms with Gasteiger partial charge in [-0.2, -0.15) is 5.26 Å². The van der Waals surface area contributed by atoms with Gasteiger partial charge in [0.25, 0.3) is 5.56 Å². The molecular weight excluding hydrogens is 364 g/mol. The van der Waals surface area contributed by atoms with Crippen LogP contribution >= 0.6 is 27.7 Å². The standard InChI is InChI=1S/C15H9BrN4OS/c1-22-15-19-13(11(6-17)14(21)20-15)10-4-2-3-8-5-9(16)7-18-12(8)10/h2-5,7H,1H3,(H,19,20,21). The number of halogens is 1. The van der Waals surface area contributed by atoms with Crippen LogP contribution in [-0.2, 0) is 0 Å². The maximum atomic E-state index is 12.1. The number of hydrogen-bond donors (Lipinski definition) is 1. The lowest BCUT2D eigenvalue weighted by molar-refractivity contribution is 0.938. The predicted molar refractivity (Wildman–Crippen MR) is 89.8 cm³/mol. The Morgan fingerprint density at radius 1 is 1.41 bits per heavy atom. The Hall–Kier alpha value is -2.17. The number of aromatic amines is 1. The van der Waals surface area contributed by atoms with E-state index in [-0.39, 0.29) is 5.56 Å². The Bertz CT molecular complexity index is 977. The van der Waals surface area contributed by atoms with Crippen molar-refractivity contribution in [2.75, 3.05) is 6.26 Å². The van der Waals surface area contributed by atoms with Crippen LogP contribution in [0.4, 0.5) is 0 Å². The van der Waals surface area contributed by atoms with Gasteiger partial charge in [-0.1, -0.05) is 30.0 Å². The zero-order valence-corrected chi connectivity index (χ0v) is 13.8. The van der Waals surface area contributed by atoms with Crippen LogP contribution in [0.15, 0.2) is 44.9 Å². The van der Waals surface area contributed by atoms with E-state index in [9.17, 15) is 10.1 Å². The third-order valence-corrected chi connectivity index (χ3v) is 4.15. The minimum absolute atomic E-state index is 0.00461. The molecule has 1 N–H and O–H groups in total. The van der Waals surface area contributed by atoms with Gasteiger partial charge >= 0.3 is 0 Å². The number of aromatic nitrogens is 3. The third kappa shape index (κ3) is 2.51. The zero-order valence-electron chi connectivity index (χ0n) is 11.4. The first-order valence-electron chi connectivity index (χ1n) is 6.27. The Kier molecular flexibility index (Phi) is 3.96. The van der Waals surface area contributed by atoms with Crippen molar-refractivity contribution in [3.63, 3.8) is 0 Å². The minimum Gasteiger partial charge on any atom is -0.300 e. The highest BCUT2D eigenvalue weighted by Gasteiger charge is 2.16. The molecule has 0 aliphatic heterocycles. The summed E-state index contributed by atoms with van der Waals surface area (Å²) in [6.45, 7) is 0. The van der Waals surface area contributed by atoms with Crippen LogP contribution in [0.1, 0.15) is 5.56 Å². The van der Waals surface area contributed by atoms with E-state index in [0.29, 0.717) is 21.9 Å². The molecule has 0 atom stereocenters. The van der Waals surface area contributed by atoms with Crippen LogP contribution in [0.3, 0.4) is 0 Å². The van der Waals surface area contributed by atoms with Gasteiger partial charge in [0.15, 0.2) is 5.16 Å². The lowest BCUT2D eigenvalue weighted by atomic mass is 10.0. The Labute approximate surface area is 138 Å². The Morgan fingerprint density at radius 2 is 2.23 bits per heavy atom. The zero-order chi connectivity index (χ0) is 15.7. The number of thioether (sulfide) groups is 1. The van der Waals surface area contributed by atoms with Crippen LogP contribution in [0.25, 0.3) is 22.2 Å². The van der Waals surface area contributed by atoms with Crippen molar-refractivity contribution < 1.29 is 0 Å². The summed E-state index contributed by atoms with van der Waals surface area (Å²) < 4.78 is 0.862. The molecule has 2 aromatic heterocycles. The van der Waals surface area contributed by atoms with Gasteiger partial charge in [0.05, 0.1) is 11.2 Å². The van der Waals surface area contributed by atoms with Crippen molar-refractivity contribution in [1.82, 2.24) is 15.0 Å². The highest BCUT2D eigenvalue weighted by molar-refractivity contribution is 9.10. The van der Waals surface area contributed by atoms with Gasteiger partial charge in [-0.15, -0.1) is 0 Å². The summed E-state index contributed by atoms with van der Waals surface area (Å²) >= 11 is 4.70. The first kappa shape index (κ1) is 14.8. The van der Waals surface area contributed by atoms with Crippen LogP contribution in [0, 0.1) is 11.3 Å². The number of fused-ring (bicyclic) bond motifs is 1. The molecule has 0 aliphatic carbocycles. The van der Waals surface area contributed by atoms with Crippen LogP contribution in [0.5, 0.6) is 0 Å². The van der Waals surface area contributed by atoms with E-state index in [0.717, 1.165) is 9.86 Å². The lowest BCUT2D eigenvalue weighted by Crippen LogP contribution is -2.14. The van der Waals surface area contributed by atoms with Crippen molar-refractivity contribution in [3.05, 3.63) is 50.9 Å². The van der Waals surface area contributed by atoms with Gasteiger partial charge in [-0.05, 0) is 28.3 Å². The molecule has 0 saturated carbocycles. The summed E-state index contributed by atoms with van der Waals surface area (Å²) in [4.78, 5) is 23.4. The highest BCUT2D eigenvalue weighted by Crippen LogP contribution is 2.29. The second-order valence-corrected chi connectivity index (χ2v) is 6.15. The van der Waals surface area contributed by atoms with Crippen molar-refractivity contribution in [1.29, 1.82) is 5.26 Å². The second-order valence-electron chi connectivity index (χ2n) is 4.44. The molecule has 22 heavy (non-hydrogen) atoms. The van der Waals surface area contributed by atoms with Crippen LogP contribution in [0.2, 0.25) is 0 Å². The monoisotopic (exact) mass is 372 g/mol. The number of rotatable bonds is 2. The fraction of sp³-hybridized carbons (Fsp3) is 0.0667. The number of hydrogen-bond acceptors (Lipinski definition) is 5. The smallest absolute Gasteiger partial charge is 0.270 e. The normalized spacial score (nSPS) is 10.6. The number of nitrogens with one attached hydrogen (secondary N) is 1. The van der Waals surface area contributed by atoms with E-state index in [4.69, 9.17) is 0 Å². The molecule has 0 unspecified atom stereocenters. The molecule has 0 saturated heterocycles. The third-order valence-electron chi connectivity index (χ3n) is 3.14. The van der Waals surface area contributed by atoms with Gasteiger partial charge in [0.1, 0.15) is 11.6 Å². The van der Waals surface area contributed by atoms with Crippen LogP contribution < -0.4 is 5.56 Å². The molecule has 0 radical (unpaired) electrons. The molecule has 3 aromatic rings. The summed E-state index contributed by atoms with van der Waals surface area (Å²) in [6, 6.07) is 9.46. The van der Waals surface area contributed by atoms with Crippen molar-refractivity contribution in [2.45, 2.75) is 5.16 Å². The molecule has 108 valence electrons. The van der Waals surface area contributed by atoms with E-state index in [2.05, 4.69) is 30.9 Å². The number of nitriles is 1. The topological polar surface area (TPSA) is 82.4 Å². The van der Waals surface area contributed by atoms with Crippen LogP contribution in [-0.4, -0.2) is 21.2 Å². The minimum atomic E-state index is -0.439. The maximum Gasteiger partial charge on any atom is 0.270 e. The first-order chi connectivity index (χ1) is 10.6. The number of benzene rings is 1. The summed E-state index contributed by atoms with van der Waals surface area (Å²) in [5.41, 5.74) is 1.28. The van der Waals surface area contributed by atoms with Gasteiger partial charge in [0, 0.05) is 21.6 Å². The fourth-order valence-corrected chi connectivity index (χ4v) is 2.90. The van der Waals surface area contributed by atoms with Gasteiger partial charge < -0.3 is 4.98 Å². The molecule has 3 rings (SSSR count). The maximum absolute atomic E-state index is 12.1. The summed E-state index contributed by atoms with van der Waals surface area (Å²) in [6.07, 6.45) is 3.49. The summed E-state index contributed by atoms with van der Waals surface area (Å²) in [5.74, 6) is 0. The summed E-state index contributed by atoms with van der Waals surface area (Å²) in [5, 5.41) is 10.7. The largest absolute Gasteiger partial charge is 0.300 e. The van der Waals surface area contributed by atoms with E-state index < -0.39 is 5.56 Å². The van der Waals surface area contributed by atoms with Gasteiger partial charge in [0.2, 0.25) is 0 Å². The molecule has 5 nitrogen and oxygen atoms in total. The quantitative estimate of drug-likeness (QED) is 0.550. The second kappa shape index (κ2) is 5.91. The molecular formula is C15H9BrN4OS. The lowest BCUT2D eigenvalue weighted by Gasteiger charge is -2.08. The molecule has 0 bridgehead atoms. The average molecular weight is 373 g/mol. The number of para-hydroxylation sites is 1. The molecule has 1 aromatic carbocycles. The summed E-state index contributed by atoms with van der Waals surface area (Å²) in [7, 11) is 0. The molecule has 0 amide bonds. The van der Waals surface area contributed by atoms with E-state index in [1.165, 1.54) is 11.8 Å². The van der Waals surface area contributed by atoms with E-state index in [1.807, 2.05) is 36.6 Å². The SMILES string of the molecule is CSc1nc(-c2cccc3cc(Br)cnc23)c(C#N)c(=O)[nH]1. The van der Waals surface area contributed by atoms with Crippen molar-refractivity contribution in [3.8, 4) is 17.3 Å². The van der Waals surface area contributed by atoms with Gasteiger partial charge in [-0.25, -0.2) is 4.98 Å². The molecule has 0 fully saturated rings.